The fraction of sp³-hybridized carbons (Fsp3) is 0. The molecule has 0 radical (unpaired) electrons. The third-order valence-corrected chi connectivity index (χ3v) is 1.93. The molecule has 0 aliphatic heterocycles. The van der Waals surface area contributed by atoms with Gasteiger partial charge < -0.3 is 10.8 Å². The summed E-state index contributed by atoms with van der Waals surface area (Å²) in [6.45, 7) is 0. The highest BCUT2D eigenvalue weighted by Crippen LogP contribution is 2.15. The van der Waals surface area contributed by atoms with Crippen molar-refractivity contribution in [2.75, 3.05) is 5.73 Å². The first-order valence-electron chi connectivity index (χ1n) is 4.16. The van der Waals surface area contributed by atoms with Crippen molar-refractivity contribution in [2.45, 2.75) is 0 Å². The minimum absolute atomic E-state index is 0.0931. The lowest BCUT2D eigenvalue weighted by molar-refractivity contribution is 0.0692. The third-order valence-electron chi connectivity index (χ3n) is 1.93. The molecule has 15 heavy (non-hydrogen) atoms. The van der Waals surface area contributed by atoms with Crippen molar-refractivity contribution in [2.24, 2.45) is 0 Å². The van der Waals surface area contributed by atoms with E-state index in [4.69, 9.17) is 10.8 Å². The maximum absolute atomic E-state index is 10.7. The number of aromatic nitrogens is 3. The average Bonchev–Trinajstić information content (AvgIpc) is 2.61. The first-order chi connectivity index (χ1) is 7.20. The number of imidazole rings is 1. The van der Waals surface area contributed by atoms with Gasteiger partial charge in [-0.1, -0.05) is 0 Å². The zero-order valence-corrected chi connectivity index (χ0v) is 7.66. The molecule has 6 nitrogen and oxygen atoms in total. The van der Waals surface area contributed by atoms with Crippen molar-refractivity contribution in [3.05, 3.63) is 36.5 Å². The van der Waals surface area contributed by atoms with Gasteiger partial charge in [-0.25, -0.2) is 9.78 Å². The summed E-state index contributed by atoms with van der Waals surface area (Å²) in [6, 6.07) is 3.49. The molecular formula is C9H8N4O2. The molecule has 0 unspecified atom stereocenters. The van der Waals surface area contributed by atoms with E-state index >= 15 is 0 Å². The van der Waals surface area contributed by atoms with Crippen LogP contribution in [0.5, 0.6) is 0 Å². The van der Waals surface area contributed by atoms with Gasteiger partial charge in [0.25, 0.3) is 0 Å². The van der Waals surface area contributed by atoms with E-state index in [-0.39, 0.29) is 11.5 Å². The fourth-order valence-corrected chi connectivity index (χ4v) is 1.22. The van der Waals surface area contributed by atoms with Crippen molar-refractivity contribution in [1.82, 2.24) is 14.5 Å². The van der Waals surface area contributed by atoms with Gasteiger partial charge in [0.1, 0.15) is 12.1 Å². The van der Waals surface area contributed by atoms with Crippen LogP contribution in [0.3, 0.4) is 0 Å². The Balaban J connectivity index is 2.52. The van der Waals surface area contributed by atoms with Crippen LogP contribution < -0.4 is 5.73 Å². The first-order valence-corrected chi connectivity index (χ1v) is 4.16. The number of aromatic carboxylic acids is 1. The predicted octanol–water partition coefficient (Wildman–Crippen LogP) is 0.548. The van der Waals surface area contributed by atoms with Gasteiger partial charge in [0.15, 0.2) is 5.69 Å². The highest BCUT2D eigenvalue weighted by atomic mass is 16.4. The van der Waals surface area contributed by atoms with Crippen molar-refractivity contribution >= 4 is 11.8 Å². The Morgan fingerprint density at radius 2 is 2.33 bits per heavy atom. The van der Waals surface area contributed by atoms with Crippen molar-refractivity contribution in [3.63, 3.8) is 0 Å². The molecule has 0 aliphatic rings. The number of nitrogens with two attached hydrogens (primary N) is 1. The maximum atomic E-state index is 10.7. The van der Waals surface area contributed by atoms with Crippen LogP contribution in [0.2, 0.25) is 0 Å². The van der Waals surface area contributed by atoms with Gasteiger partial charge in [0.05, 0.1) is 11.9 Å². The van der Waals surface area contributed by atoms with Gasteiger partial charge in [-0.05, 0) is 12.1 Å². The molecule has 0 bridgehead atoms. The van der Waals surface area contributed by atoms with E-state index in [1.807, 2.05) is 0 Å². The van der Waals surface area contributed by atoms with Crippen LogP contribution in [-0.2, 0) is 0 Å². The largest absolute Gasteiger partial charge is 0.476 e. The summed E-state index contributed by atoms with van der Waals surface area (Å²) < 4.78 is 1.47. The van der Waals surface area contributed by atoms with Crippen LogP contribution in [0, 0.1) is 0 Å². The van der Waals surface area contributed by atoms with Gasteiger partial charge in [0, 0.05) is 6.20 Å². The monoisotopic (exact) mass is 204 g/mol. The molecule has 6 heteroatoms. The lowest BCUT2D eigenvalue weighted by Crippen LogP contribution is -2.05. The predicted molar refractivity (Wildman–Crippen MR) is 52.7 cm³/mol. The van der Waals surface area contributed by atoms with Crippen LogP contribution in [0.15, 0.2) is 30.9 Å². The number of hydrogen-bond donors (Lipinski definition) is 2. The van der Waals surface area contributed by atoms with Crippen LogP contribution in [0.4, 0.5) is 5.82 Å². The summed E-state index contributed by atoms with van der Waals surface area (Å²) in [4.78, 5) is 18.3. The third kappa shape index (κ3) is 1.52. The number of anilines is 1. The second kappa shape index (κ2) is 3.41. The van der Waals surface area contributed by atoms with Gasteiger partial charge in [0.2, 0.25) is 0 Å². The van der Waals surface area contributed by atoms with E-state index in [2.05, 4.69) is 9.97 Å². The molecule has 0 atom stereocenters. The molecule has 0 aromatic carbocycles. The Labute approximate surface area is 85.0 Å². The molecule has 0 fully saturated rings. The molecule has 2 rings (SSSR count). The topological polar surface area (TPSA) is 94.0 Å². The Morgan fingerprint density at radius 1 is 1.53 bits per heavy atom. The van der Waals surface area contributed by atoms with Crippen LogP contribution in [0.25, 0.3) is 5.69 Å². The number of rotatable bonds is 2. The van der Waals surface area contributed by atoms with E-state index < -0.39 is 5.97 Å². The summed E-state index contributed by atoms with van der Waals surface area (Å²) in [7, 11) is 0. The molecule has 2 aromatic rings. The van der Waals surface area contributed by atoms with E-state index in [1.54, 1.807) is 24.5 Å². The van der Waals surface area contributed by atoms with Crippen LogP contribution in [-0.4, -0.2) is 25.6 Å². The summed E-state index contributed by atoms with van der Waals surface area (Å²) >= 11 is 0. The highest BCUT2D eigenvalue weighted by Gasteiger charge is 2.14. The molecule has 2 heterocycles. The number of carboxylic acid groups (broad SMARTS) is 1. The van der Waals surface area contributed by atoms with Crippen molar-refractivity contribution in [1.29, 1.82) is 0 Å². The molecule has 0 amide bonds. The first kappa shape index (κ1) is 9.20. The van der Waals surface area contributed by atoms with Gasteiger partial charge in [-0.3, -0.25) is 9.55 Å². The smallest absolute Gasteiger partial charge is 0.358 e. The molecule has 0 aliphatic carbocycles. The van der Waals surface area contributed by atoms with E-state index in [0.717, 1.165) is 0 Å². The Hall–Kier alpha value is -2.37. The minimum atomic E-state index is -1.14. The van der Waals surface area contributed by atoms with Crippen LogP contribution in [0.1, 0.15) is 10.5 Å². The molecule has 0 saturated carbocycles. The van der Waals surface area contributed by atoms with Gasteiger partial charge >= 0.3 is 5.97 Å². The molecular weight excluding hydrogens is 196 g/mol. The zero-order chi connectivity index (χ0) is 10.8. The number of hydrogen-bond acceptors (Lipinski definition) is 4. The van der Waals surface area contributed by atoms with E-state index in [9.17, 15) is 4.79 Å². The normalized spacial score (nSPS) is 10.1. The summed E-state index contributed by atoms with van der Waals surface area (Å²) in [5, 5.41) is 8.75. The summed E-state index contributed by atoms with van der Waals surface area (Å²) in [6.07, 6.45) is 4.55. The van der Waals surface area contributed by atoms with Crippen LogP contribution >= 0.6 is 0 Å². The minimum Gasteiger partial charge on any atom is -0.476 e. The number of pyridine rings is 1. The quantitative estimate of drug-likeness (QED) is 0.744. The number of carbonyl (C=O) groups is 1. The fourth-order valence-electron chi connectivity index (χ4n) is 1.22. The standard InChI is InChI=1S/C9H8N4O2/c10-8-7(9(14)15)12-5-13(8)6-2-1-3-11-4-6/h1-5H,10H2,(H,14,15). The molecule has 2 aromatic heterocycles. The SMILES string of the molecule is Nc1c(C(=O)O)ncn1-c1cccnc1. The van der Waals surface area contributed by atoms with Crippen molar-refractivity contribution in [3.8, 4) is 5.69 Å². The number of carboxylic acids is 1. The highest BCUT2D eigenvalue weighted by molar-refractivity contribution is 5.90. The van der Waals surface area contributed by atoms with Gasteiger partial charge in [-0.2, -0.15) is 0 Å². The number of nitrogen functional groups attached to an aromatic ring is 1. The Morgan fingerprint density at radius 3 is 2.87 bits per heavy atom. The molecule has 76 valence electrons. The average molecular weight is 204 g/mol. The second-order valence-electron chi connectivity index (χ2n) is 2.86. The maximum Gasteiger partial charge on any atom is 0.358 e. The second-order valence-corrected chi connectivity index (χ2v) is 2.86. The summed E-state index contributed by atoms with van der Waals surface area (Å²) in [5.74, 6) is -1.05. The summed E-state index contributed by atoms with van der Waals surface area (Å²) in [5.41, 5.74) is 6.15. The lowest BCUT2D eigenvalue weighted by Gasteiger charge is -2.02. The van der Waals surface area contributed by atoms with Gasteiger partial charge in [-0.15, -0.1) is 0 Å². The molecule has 3 N–H and O–H groups in total. The Bertz CT molecular complexity index is 492. The zero-order valence-electron chi connectivity index (χ0n) is 7.66. The number of nitrogens with zero attached hydrogens (tertiary/aromatic N) is 3. The lowest BCUT2D eigenvalue weighted by atomic mass is 10.4. The molecule has 0 saturated heterocycles. The Kier molecular flexibility index (Phi) is 2.09. The molecule has 0 spiro atoms. The van der Waals surface area contributed by atoms with Crippen molar-refractivity contribution < 1.29 is 9.90 Å². The van der Waals surface area contributed by atoms with E-state index in [1.165, 1.54) is 10.9 Å². The van der Waals surface area contributed by atoms with E-state index in [0.29, 0.717) is 5.69 Å².